The molecule has 9 nitrogen and oxygen atoms in total. The van der Waals surface area contributed by atoms with Gasteiger partial charge in [0, 0.05) is 32.0 Å². The number of aryl methyl sites for hydroxylation is 1. The third-order valence-electron chi connectivity index (χ3n) is 5.79. The van der Waals surface area contributed by atoms with Crippen LogP contribution in [0.1, 0.15) is 29.9 Å². The van der Waals surface area contributed by atoms with Gasteiger partial charge in [-0.05, 0) is 50.1 Å². The Morgan fingerprint density at radius 3 is 2.05 bits per heavy atom. The number of carbonyl (C=O) groups is 3. The molecule has 4 heterocycles. The van der Waals surface area contributed by atoms with Crippen molar-refractivity contribution in [1.82, 2.24) is 14.8 Å². The SMILES string of the molecule is Cc1ccc(CN2CCC3(CCN(Cc4cccnc4)C3=O)C2)o1.O=C(O)C(F)(F)F.O=C(O)C(F)(F)F. The van der Waals surface area contributed by atoms with E-state index in [1.165, 1.54) is 0 Å². The first-order valence-corrected chi connectivity index (χ1v) is 11.1. The van der Waals surface area contributed by atoms with Crippen LogP contribution in [0.3, 0.4) is 0 Å². The highest BCUT2D eigenvalue weighted by Gasteiger charge is 2.50. The summed E-state index contributed by atoms with van der Waals surface area (Å²) in [5, 5.41) is 14.2. The molecule has 0 aliphatic carbocycles. The van der Waals surface area contributed by atoms with Crippen LogP contribution in [0, 0.1) is 12.3 Å². The van der Waals surface area contributed by atoms with Crippen LogP contribution in [0.15, 0.2) is 41.1 Å². The molecule has 2 aromatic heterocycles. The van der Waals surface area contributed by atoms with Crippen molar-refractivity contribution in [1.29, 1.82) is 0 Å². The van der Waals surface area contributed by atoms with E-state index in [0.717, 1.165) is 56.1 Å². The van der Waals surface area contributed by atoms with Crippen LogP contribution < -0.4 is 0 Å². The lowest BCUT2D eigenvalue weighted by Gasteiger charge is -2.23. The molecule has 2 fully saturated rings. The van der Waals surface area contributed by atoms with Crippen LogP contribution in [0.5, 0.6) is 0 Å². The normalized spacial score (nSPS) is 19.6. The molecule has 210 valence electrons. The third-order valence-corrected chi connectivity index (χ3v) is 5.79. The number of likely N-dealkylation sites (tertiary alicyclic amines) is 2. The number of rotatable bonds is 4. The predicted octanol–water partition coefficient (Wildman–Crippen LogP) is 3.87. The summed E-state index contributed by atoms with van der Waals surface area (Å²) in [6, 6.07) is 7.99. The first-order chi connectivity index (χ1) is 17.5. The number of amides is 1. The number of nitrogens with zero attached hydrogens (tertiary/aromatic N) is 3. The van der Waals surface area contributed by atoms with Crippen LogP contribution in [-0.2, 0) is 27.5 Å². The lowest BCUT2D eigenvalue weighted by molar-refractivity contribution is -0.193. The molecule has 2 saturated heterocycles. The van der Waals surface area contributed by atoms with E-state index in [9.17, 15) is 31.1 Å². The fraction of sp³-hybridized carbons (Fsp3) is 0.478. The van der Waals surface area contributed by atoms with Gasteiger partial charge in [0.2, 0.25) is 5.91 Å². The van der Waals surface area contributed by atoms with Crippen molar-refractivity contribution < 1.29 is 55.4 Å². The zero-order valence-electron chi connectivity index (χ0n) is 20.1. The maximum atomic E-state index is 13.0. The van der Waals surface area contributed by atoms with Crippen molar-refractivity contribution >= 4 is 17.8 Å². The Morgan fingerprint density at radius 2 is 1.58 bits per heavy atom. The van der Waals surface area contributed by atoms with Crippen molar-refractivity contribution in [3.8, 4) is 0 Å². The maximum Gasteiger partial charge on any atom is 0.490 e. The van der Waals surface area contributed by atoms with Gasteiger partial charge in [0.15, 0.2) is 0 Å². The first-order valence-electron chi connectivity index (χ1n) is 11.1. The van der Waals surface area contributed by atoms with E-state index in [2.05, 4.69) is 9.88 Å². The third kappa shape index (κ3) is 8.75. The van der Waals surface area contributed by atoms with E-state index in [1.807, 2.05) is 42.3 Å². The summed E-state index contributed by atoms with van der Waals surface area (Å²) in [7, 11) is 0. The highest BCUT2D eigenvalue weighted by molar-refractivity contribution is 5.85. The number of carboxylic acids is 2. The van der Waals surface area contributed by atoms with Crippen molar-refractivity contribution in [3.63, 3.8) is 0 Å². The summed E-state index contributed by atoms with van der Waals surface area (Å²) < 4.78 is 69.2. The van der Waals surface area contributed by atoms with Gasteiger partial charge in [-0.15, -0.1) is 0 Å². The average Bonchev–Trinajstić information content (AvgIpc) is 3.50. The maximum absolute atomic E-state index is 13.0. The standard InChI is InChI=1S/C19H23N3O2.2C2HF3O2/c1-15-4-5-17(24-15)13-21-9-6-19(14-21)7-10-22(18(19)23)12-16-3-2-8-20-11-16;2*3-2(4,5)1(6)7/h2-5,8,11H,6-7,9-10,12-14H2,1H3;2*(H,6,7). The number of aromatic nitrogens is 1. The second-order valence-electron chi connectivity index (χ2n) is 8.70. The molecule has 0 saturated carbocycles. The number of alkyl halides is 6. The largest absolute Gasteiger partial charge is 0.490 e. The molecule has 1 amide bonds. The second kappa shape index (κ2) is 12.3. The summed E-state index contributed by atoms with van der Waals surface area (Å²) >= 11 is 0. The van der Waals surface area contributed by atoms with Crippen LogP contribution in [-0.4, -0.2) is 74.8 Å². The van der Waals surface area contributed by atoms with Crippen LogP contribution in [0.4, 0.5) is 26.3 Å². The van der Waals surface area contributed by atoms with Crippen LogP contribution in [0.2, 0.25) is 0 Å². The first kappa shape index (κ1) is 30.6. The van der Waals surface area contributed by atoms with Crippen LogP contribution in [0.25, 0.3) is 0 Å². The lowest BCUT2D eigenvalue weighted by Crippen LogP contribution is -2.36. The molecule has 0 aromatic carbocycles. The van der Waals surface area contributed by atoms with E-state index in [4.69, 9.17) is 24.2 Å². The van der Waals surface area contributed by atoms with E-state index in [1.54, 1.807) is 6.20 Å². The Kier molecular flexibility index (Phi) is 9.89. The quantitative estimate of drug-likeness (QED) is 0.547. The second-order valence-corrected chi connectivity index (χ2v) is 8.70. The summed E-state index contributed by atoms with van der Waals surface area (Å²) in [6.07, 6.45) is -4.64. The molecule has 2 aliphatic rings. The summed E-state index contributed by atoms with van der Waals surface area (Å²) in [6.45, 7) is 6.09. The molecule has 1 unspecified atom stereocenters. The van der Waals surface area contributed by atoms with Gasteiger partial charge in [0.25, 0.3) is 0 Å². The fourth-order valence-electron chi connectivity index (χ4n) is 4.02. The van der Waals surface area contributed by atoms with Crippen molar-refractivity contribution in [2.45, 2.75) is 45.2 Å². The molecular weight excluding hydrogens is 528 g/mol. The van der Waals surface area contributed by atoms with E-state index < -0.39 is 24.3 Å². The van der Waals surface area contributed by atoms with Gasteiger partial charge in [-0.25, -0.2) is 9.59 Å². The fourth-order valence-corrected chi connectivity index (χ4v) is 4.02. The highest BCUT2D eigenvalue weighted by atomic mass is 19.4. The Hall–Kier alpha value is -3.62. The van der Waals surface area contributed by atoms with Gasteiger partial charge in [-0.2, -0.15) is 26.3 Å². The van der Waals surface area contributed by atoms with Gasteiger partial charge < -0.3 is 19.5 Å². The number of aliphatic carboxylic acids is 2. The van der Waals surface area contributed by atoms with Crippen LogP contribution >= 0.6 is 0 Å². The zero-order chi connectivity index (χ0) is 28.7. The number of carboxylic acid groups (broad SMARTS) is 2. The van der Waals surface area contributed by atoms with E-state index in [0.29, 0.717) is 12.5 Å². The zero-order valence-corrected chi connectivity index (χ0v) is 20.1. The minimum Gasteiger partial charge on any atom is -0.475 e. The molecule has 1 spiro atoms. The smallest absolute Gasteiger partial charge is 0.475 e. The Morgan fingerprint density at radius 1 is 1.00 bits per heavy atom. The summed E-state index contributed by atoms with van der Waals surface area (Å²) in [4.78, 5) is 39.3. The van der Waals surface area contributed by atoms with Crippen molar-refractivity contribution in [2.75, 3.05) is 19.6 Å². The van der Waals surface area contributed by atoms with Crippen molar-refractivity contribution in [3.05, 3.63) is 53.7 Å². The minimum atomic E-state index is -5.08. The molecule has 38 heavy (non-hydrogen) atoms. The van der Waals surface area contributed by atoms with E-state index in [-0.39, 0.29) is 5.41 Å². The predicted molar refractivity (Wildman–Crippen MR) is 117 cm³/mol. The monoisotopic (exact) mass is 553 g/mol. The minimum absolute atomic E-state index is 0.191. The average molecular weight is 553 g/mol. The van der Waals surface area contributed by atoms with Gasteiger partial charge in [0.05, 0.1) is 12.0 Å². The highest BCUT2D eigenvalue weighted by Crippen LogP contribution is 2.41. The molecule has 1 atom stereocenters. The number of hydrogen-bond donors (Lipinski definition) is 2. The molecule has 4 rings (SSSR count). The van der Waals surface area contributed by atoms with Gasteiger partial charge in [-0.3, -0.25) is 14.7 Å². The molecule has 2 N–H and O–H groups in total. The molecule has 0 radical (unpaired) electrons. The molecule has 2 aromatic rings. The number of halogens is 6. The molecule has 2 aliphatic heterocycles. The van der Waals surface area contributed by atoms with Gasteiger partial charge in [-0.1, -0.05) is 6.07 Å². The van der Waals surface area contributed by atoms with Crippen molar-refractivity contribution in [2.24, 2.45) is 5.41 Å². The van der Waals surface area contributed by atoms with Gasteiger partial charge >= 0.3 is 24.3 Å². The number of pyridine rings is 1. The summed E-state index contributed by atoms with van der Waals surface area (Å²) in [5.74, 6) is -3.27. The topological polar surface area (TPSA) is 124 Å². The molecule has 0 bridgehead atoms. The number of hydrogen-bond acceptors (Lipinski definition) is 6. The van der Waals surface area contributed by atoms with Gasteiger partial charge in [0.1, 0.15) is 11.5 Å². The number of carbonyl (C=O) groups excluding carboxylic acids is 1. The molecule has 15 heteroatoms. The summed E-state index contributed by atoms with van der Waals surface area (Å²) in [5.41, 5.74) is 0.910. The number of furan rings is 1. The Balaban J connectivity index is 0.000000301. The Bertz CT molecular complexity index is 1080. The van der Waals surface area contributed by atoms with E-state index >= 15 is 0 Å². The Labute approximate surface area is 212 Å². The lowest BCUT2D eigenvalue weighted by atomic mass is 9.85. The molecular formula is C23H25F6N3O6.